The van der Waals surface area contributed by atoms with Gasteiger partial charge in [0, 0.05) is 75.3 Å². The molecule has 5 atom stereocenters. The molecule has 0 spiro atoms. The lowest BCUT2D eigenvalue weighted by Crippen LogP contribution is -2.60. The Morgan fingerprint density at radius 1 is 0.621 bits per heavy atom. The minimum atomic E-state index is -2.26. The van der Waals surface area contributed by atoms with E-state index in [0.29, 0.717) is 177 Å². The molecule has 28 heteroatoms. The van der Waals surface area contributed by atoms with E-state index in [-0.39, 0.29) is 110 Å². The summed E-state index contributed by atoms with van der Waals surface area (Å²) in [5.74, 6) is -1.00. The Balaban J connectivity index is 0.754. The number of nitrogens with one attached hydrogen (secondary N) is 2. The Morgan fingerprint density at radius 3 is 1.71 bits per heavy atom. The Kier molecular flexibility index (Phi) is 34.2. The number of unbranched alkanes of at least 4 members (excludes halogenated alkanes) is 2. The molecule has 3 aromatic carbocycles. The van der Waals surface area contributed by atoms with Crippen molar-refractivity contribution >= 4 is 58.9 Å². The van der Waals surface area contributed by atoms with Crippen molar-refractivity contribution in [2.75, 3.05) is 145 Å². The molecule has 4 N–H and O–H groups in total. The van der Waals surface area contributed by atoms with E-state index in [2.05, 4.69) is 15.6 Å². The van der Waals surface area contributed by atoms with E-state index in [4.69, 9.17) is 61.6 Å². The van der Waals surface area contributed by atoms with Crippen LogP contribution in [0, 0.1) is 17.8 Å². The number of benzene rings is 3. The summed E-state index contributed by atoms with van der Waals surface area (Å²) < 4.78 is 73.6. The van der Waals surface area contributed by atoms with Crippen molar-refractivity contribution < 1.29 is 105 Å². The summed E-state index contributed by atoms with van der Waals surface area (Å²) >= 11 is 0. The number of methoxy groups -OCH3 is 2. The predicted octanol–water partition coefficient (Wildman–Crippen LogP) is 7.61. The van der Waals surface area contributed by atoms with E-state index in [1.807, 2.05) is 40.8 Å². The van der Waals surface area contributed by atoms with Gasteiger partial charge in [0.25, 0.3) is 11.8 Å². The lowest BCUT2D eigenvalue weighted by Gasteiger charge is -2.38. The van der Waals surface area contributed by atoms with Crippen LogP contribution in [-0.4, -0.2) is 231 Å². The standard InChI is InChI=1S/C75H106N6O22/c1-50(2)37-69(84)76-18-22-94-24-26-96-28-30-98-32-34-100-36-35-99-33-31-97-29-27-95-25-23-93-21-17-58(82)40-59(51(3)4)70(85)78-54(7)64(83)39-55-13-15-56(16-14-55)49-103-74(89)81-63-44-68(66(92-9)42-61(63)72(87)80-48-53(6)45-75(80,90)73(81)88)102-20-12-10-11-19-101-67-43-62-60(41-65(67)91-8)71(86)79-47-52(5)38-57(79)46-77-62/h13-16,41-44,46-48,50-51,54,57,59,73,88,90H,10-12,17-40,45,49H2,1-9H3,(H,76,84)(H,78,85)/t54-,57-,59-,73-,75+/m0/s1. The highest BCUT2D eigenvalue weighted by molar-refractivity contribution is 6.07. The zero-order valence-corrected chi connectivity index (χ0v) is 61.2. The van der Waals surface area contributed by atoms with Gasteiger partial charge in [0.1, 0.15) is 12.4 Å². The summed E-state index contributed by atoms with van der Waals surface area (Å²) in [7, 11) is 2.92. The number of anilines is 1. The summed E-state index contributed by atoms with van der Waals surface area (Å²) in [6.45, 7) is 19.9. The fourth-order valence-electron chi connectivity index (χ4n) is 11.7. The number of nitrogens with zero attached hydrogens (tertiary/aromatic N) is 4. The molecule has 0 bridgehead atoms. The summed E-state index contributed by atoms with van der Waals surface area (Å²) in [5.41, 5.74) is 1.31. The lowest BCUT2D eigenvalue weighted by molar-refractivity contribution is -0.133. The first-order chi connectivity index (χ1) is 49.6. The molecule has 0 aromatic heterocycles. The van der Waals surface area contributed by atoms with Crippen molar-refractivity contribution in [1.82, 2.24) is 20.4 Å². The molecule has 28 nitrogen and oxygen atoms in total. The summed E-state index contributed by atoms with van der Waals surface area (Å²) in [6.07, 6.45) is 4.94. The molecule has 0 aliphatic carbocycles. The number of rotatable bonds is 49. The van der Waals surface area contributed by atoms with Gasteiger partial charge in [0.2, 0.25) is 11.8 Å². The normalized spacial score (nSPS) is 17.4. The van der Waals surface area contributed by atoms with Crippen LogP contribution in [0.2, 0.25) is 0 Å². The summed E-state index contributed by atoms with van der Waals surface area (Å²) in [5, 5.41) is 29.6. The minimum absolute atomic E-state index is 0.0178. The van der Waals surface area contributed by atoms with Crippen molar-refractivity contribution in [3.63, 3.8) is 0 Å². The monoisotopic (exact) mass is 1440 g/mol. The van der Waals surface area contributed by atoms with Crippen LogP contribution < -0.4 is 34.5 Å². The smallest absolute Gasteiger partial charge is 0.416 e. The van der Waals surface area contributed by atoms with Gasteiger partial charge in [0.15, 0.2) is 40.7 Å². The molecule has 103 heavy (non-hydrogen) atoms. The average molecular weight is 1440 g/mol. The zero-order chi connectivity index (χ0) is 74.3. The number of ether oxygens (including phenoxy) is 13. The molecular formula is C75H106N6O22. The number of Topliss-reactive ketones (excluding diaryl/α,β-unsaturated/α-hetero) is 2. The molecule has 3 aromatic rings. The van der Waals surface area contributed by atoms with E-state index in [1.165, 1.54) is 32.6 Å². The number of ketones is 2. The van der Waals surface area contributed by atoms with Crippen LogP contribution >= 0.6 is 0 Å². The topological polar surface area (TPSA) is 326 Å². The van der Waals surface area contributed by atoms with Gasteiger partial charge in [-0.05, 0) is 81.5 Å². The van der Waals surface area contributed by atoms with Gasteiger partial charge in [-0.25, -0.2) is 9.69 Å². The first-order valence-electron chi connectivity index (χ1n) is 35.5. The highest BCUT2D eigenvalue weighted by Gasteiger charge is 2.55. The highest BCUT2D eigenvalue weighted by Crippen LogP contribution is 2.46. The third-order valence-electron chi connectivity index (χ3n) is 17.3. The highest BCUT2D eigenvalue weighted by atomic mass is 16.6. The zero-order valence-electron chi connectivity index (χ0n) is 61.2. The quantitative estimate of drug-likeness (QED) is 0.0395. The molecule has 0 saturated heterocycles. The van der Waals surface area contributed by atoms with Crippen molar-refractivity contribution in [2.24, 2.45) is 22.7 Å². The second-order valence-corrected chi connectivity index (χ2v) is 26.4. The molecule has 568 valence electrons. The molecule has 5 amide bonds. The molecule has 4 aliphatic rings. The Bertz CT molecular complexity index is 3360. The number of aliphatic hydroxyl groups excluding tert-OH is 1. The minimum Gasteiger partial charge on any atom is -0.493 e. The molecule has 4 aliphatic heterocycles. The predicted molar refractivity (Wildman–Crippen MR) is 380 cm³/mol. The van der Waals surface area contributed by atoms with Gasteiger partial charge in [-0.2, -0.15) is 0 Å². The van der Waals surface area contributed by atoms with Crippen LogP contribution in [0.15, 0.2) is 77.1 Å². The number of aliphatic hydroxyl groups is 2. The second-order valence-electron chi connectivity index (χ2n) is 26.4. The van der Waals surface area contributed by atoms with Crippen molar-refractivity contribution in [2.45, 2.75) is 137 Å². The second kappa shape index (κ2) is 42.8. The van der Waals surface area contributed by atoms with E-state index in [1.54, 1.807) is 61.4 Å². The van der Waals surface area contributed by atoms with E-state index >= 15 is 0 Å². The van der Waals surface area contributed by atoms with Gasteiger partial charge in [-0.3, -0.25) is 38.7 Å². The molecule has 0 unspecified atom stereocenters. The number of hydrogen-bond donors (Lipinski definition) is 4. The molecule has 4 heterocycles. The van der Waals surface area contributed by atoms with Gasteiger partial charge in [0.05, 0.1) is 168 Å². The van der Waals surface area contributed by atoms with E-state index in [9.17, 15) is 43.8 Å². The molecule has 0 saturated carbocycles. The Labute approximate surface area is 603 Å². The van der Waals surface area contributed by atoms with Crippen LogP contribution in [0.1, 0.15) is 132 Å². The fraction of sp³-hybridized carbons (Fsp3) is 0.600. The summed E-state index contributed by atoms with van der Waals surface area (Å²) in [4.78, 5) is 102. The van der Waals surface area contributed by atoms with Crippen LogP contribution in [0.25, 0.3) is 0 Å². The first kappa shape index (κ1) is 82.4. The van der Waals surface area contributed by atoms with Crippen LogP contribution in [0.4, 0.5) is 16.2 Å². The molecular weight excluding hydrogens is 1340 g/mol. The maximum Gasteiger partial charge on any atom is 0.416 e. The van der Waals surface area contributed by atoms with Gasteiger partial charge >= 0.3 is 6.09 Å². The number of carbonyl (C=O) groups excluding carboxylic acids is 7. The number of fused-ring (bicyclic) bond motifs is 4. The van der Waals surface area contributed by atoms with Crippen molar-refractivity contribution in [1.29, 1.82) is 0 Å². The molecule has 0 radical (unpaired) electrons. The van der Waals surface area contributed by atoms with Gasteiger partial charge in [-0.1, -0.05) is 63.1 Å². The number of amides is 5. The van der Waals surface area contributed by atoms with Gasteiger partial charge < -0.3 is 87.3 Å². The van der Waals surface area contributed by atoms with Gasteiger partial charge in [-0.15, -0.1) is 0 Å². The largest absolute Gasteiger partial charge is 0.493 e. The maximum atomic E-state index is 14.3. The first-order valence-corrected chi connectivity index (χ1v) is 35.5. The number of hydrogen-bond acceptors (Lipinski definition) is 23. The SMILES string of the molecule is COc1cc2c(cc1OCCCCCOc1cc3c(cc1OC)C(=O)N1C=C(C)C[C@@]1(O)[C@H](O)N3C(=O)OCc1ccc(CC(=O)[C@H](C)NC(=O)[C@@H](CC(=O)CCOCCOCCOCCOCCOCCOCCOCCOCCNC(=O)CC(C)C)C(C)C)cc1)N=C[C@@H]1CC(C)=CN1C2=O. The van der Waals surface area contributed by atoms with Crippen LogP contribution in [0.3, 0.4) is 0 Å². The van der Waals surface area contributed by atoms with Crippen LogP contribution in [-0.2, 0) is 74.8 Å². The maximum absolute atomic E-state index is 14.3. The fourth-order valence-corrected chi connectivity index (χ4v) is 11.7. The number of aliphatic imine (C=N–C) groups is 1. The van der Waals surface area contributed by atoms with Crippen LogP contribution in [0.5, 0.6) is 23.0 Å². The van der Waals surface area contributed by atoms with E-state index in [0.717, 1.165) is 21.8 Å². The van der Waals surface area contributed by atoms with E-state index < -0.39 is 41.8 Å². The van der Waals surface area contributed by atoms with Crippen molar-refractivity contribution in [3.05, 3.63) is 94.3 Å². The third kappa shape index (κ3) is 25.4. The third-order valence-corrected chi connectivity index (χ3v) is 17.3. The Morgan fingerprint density at radius 2 is 1.16 bits per heavy atom. The molecule has 7 rings (SSSR count). The molecule has 0 fully saturated rings. The average Bonchev–Trinajstić information content (AvgIpc) is 1.58. The number of carbonyl (C=O) groups is 7. The van der Waals surface area contributed by atoms with Crippen molar-refractivity contribution in [3.8, 4) is 23.0 Å². The summed E-state index contributed by atoms with van der Waals surface area (Å²) in [6, 6.07) is 11.9. The lowest BCUT2D eigenvalue weighted by atomic mass is 9.88. The Hall–Kier alpha value is -7.90.